The highest BCUT2D eigenvalue weighted by Gasteiger charge is 2.45. The standard InChI is InChI=1S/C16H23NO2/c1-4-12-6-8-13(9-7-12)16(3)11-17-10-14(16)15(18)19-5-2/h6-9,14,17H,4-5,10-11H2,1-3H3. The highest BCUT2D eigenvalue weighted by Crippen LogP contribution is 2.36. The molecule has 1 N–H and O–H groups in total. The van der Waals surface area contributed by atoms with Gasteiger partial charge in [-0.05, 0) is 24.5 Å². The smallest absolute Gasteiger partial charge is 0.311 e. The van der Waals surface area contributed by atoms with Gasteiger partial charge in [0.05, 0.1) is 12.5 Å². The minimum atomic E-state index is -0.168. The summed E-state index contributed by atoms with van der Waals surface area (Å²) in [6, 6.07) is 8.61. The zero-order valence-electron chi connectivity index (χ0n) is 12.0. The molecule has 104 valence electrons. The molecule has 1 aliphatic heterocycles. The average molecular weight is 261 g/mol. The van der Waals surface area contributed by atoms with E-state index in [9.17, 15) is 4.79 Å². The lowest BCUT2D eigenvalue weighted by atomic mass is 9.74. The van der Waals surface area contributed by atoms with Crippen LogP contribution in [0.5, 0.6) is 0 Å². The first-order valence-corrected chi connectivity index (χ1v) is 7.08. The third kappa shape index (κ3) is 2.66. The van der Waals surface area contributed by atoms with E-state index in [1.54, 1.807) is 0 Å². The van der Waals surface area contributed by atoms with Crippen molar-refractivity contribution in [2.75, 3.05) is 19.7 Å². The van der Waals surface area contributed by atoms with Crippen LogP contribution in [0.25, 0.3) is 0 Å². The van der Waals surface area contributed by atoms with Gasteiger partial charge in [-0.2, -0.15) is 0 Å². The molecule has 1 heterocycles. The van der Waals surface area contributed by atoms with Gasteiger partial charge >= 0.3 is 5.97 Å². The number of carbonyl (C=O) groups is 1. The molecule has 3 heteroatoms. The van der Waals surface area contributed by atoms with Crippen LogP contribution in [0.3, 0.4) is 0 Å². The summed E-state index contributed by atoms with van der Waals surface area (Å²) < 4.78 is 5.21. The molecule has 0 radical (unpaired) electrons. The lowest BCUT2D eigenvalue weighted by Crippen LogP contribution is -2.37. The van der Waals surface area contributed by atoms with Crippen LogP contribution in [0.15, 0.2) is 24.3 Å². The molecular weight excluding hydrogens is 238 g/mol. The Hall–Kier alpha value is -1.35. The number of esters is 1. The van der Waals surface area contributed by atoms with E-state index in [0.29, 0.717) is 13.2 Å². The molecule has 1 aromatic carbocycles. The van der Waals surface area contributed by atoms with Crippen LogP contribution in [0.2, 0.25) is 0 Å². The summed E-state index contributed by atoms with van der Waals surface area (Å²) in [5, 5.41) is 3.33. The number of aryl methyl sites for hydroxylation is 1. The van der Waals surface area contributed by atoms with Crippen molar-refractivity contribution in [3.8, 4) is 0 Å². The van der Waals surface area contributed by atoms with Crippen LogP contribution in [0, 0.1) is 5.92 Å². The van der Waals surface area contributed by atoms with E-state index in [4.69, 9.17) is 4.74 Å². The number of nitrogens with one attached hydrogen (secondary N) is 1. The third-order valence-electron chi connectivity index (χ3n) is 4.20. The second-order valence-corrected chi connectivity index (χ2v) is 5.40. The fraction of sp³-hybridized carbons (Fsp3) is 0.562. The Labute approximate surface area is 115 Å². The Bertz CT molecular complexity index is 441. The molecule has 1 fully saturated rings. The molecule has 0 aliphatic carbocycles. The Balaban J connectivity index is 2.25. The van der Waals surface area contributed by atoms with Gasteiger partial charge < -0.3 is 10.1 Å². The zero-order chi connectivity index (χ0) is 13.9. The molecule has 1 saturated heterocycles. The Kier molecular flexibility index (Phi) is 4.25. The maximum atomic E-state index is 12.1. The van der Waals surface area contributed by atoms with Gasteiger partial charge in [0.1, 0.15) is 0 Å². The predicted octanol–water partition coefficient (Wildman–Crippen LogP) is 2.29. The summed E-state index contributed by atoms with van der Waals surface area (Å²) in [5.41, 5.74) is 2.37. The number of rotatable bonds is 4. The first-order chi connectivity index (χ1) is 9.11. The van der Waals surface area contributed by atoms with E-state index in [2.05, 4.69) is 43.4 Å². The molecule has 1 aromatic rings. The molecule has 0 aromatic heterocycles. The summed E-state index contributed by atoms with van der Waals surface area (Å²) in [6.45, 7) is 8.12. The highest BCUT2D eigenvalue weighted by atomic mass is 16.5. The quantitative estimate of drug-likeness (QED) is 0.845. The number of hydrogen-bond donors (Lipinski definition) is 1. The van der Waals surface area contributed by atoms with Crippen LogP contribution in [-0.4, -0.2) is 25.7 Å². The van der Waals surface area contributed by atoms with Crippen molar-refractivity contribution in [3.05, 3.63) is 35.4 Å². The lowest BCUT2D eigenvalue weighted by molar-refractivity contribution is -0.149. The van der Waals surface area contributed by atoms with E-state index in [1.807, 2.05) is 6.92 Å². The third-order valence-corrected chi connectivity index (χ3v) is 4.20. The molecule has 2 atom stereocenters. The average Bonchev–Trinajstić information content (AvgIpc) is 2.82. The van der Waals surface area contributed by atoms with Crippen LogP contribution in [0.4, 0.5) is 0 Å². The summed E-state index contributed by atoms with van der Waals surface area (Å²) in [5.74, 6) is -0.186. The fourth-order valence-electron chi connectivity index (χ4n) is 2.84. The fourth-order valence-corrected chi connectivity index (χ4v) is 2.84. The van der Waals surface area contributed by atoms with Crippen molar-refractivity contribution in [2.45, 2.75) is 32.6 Å². The molecule has 19 heavy (non-hydrogen) atoms. The monoisotopic (exact) mass is 261 g/mol. The minimum absolute atomic E-state index is 0.0884. The lowest BCUT2D eigenvalue weighted by Gasteiger charge is -2.29. The zero-order valence-corrected chi connectivity index (χ0v) is 12.0. The second-order valence-electron chi connectivity index (χ2n) is 5.40. The Morgan fingerprint density at radius 1 is 1.37 bits per heavy atom. The van der Waals surface area contributed by atoms with Gasteiger partial charge in [-0.15, -0.1) is 0 Å². The van der Waals surface area contributed by atoms with Gasteiger partial charge in [0.15, 0.2) is 0 Å². The van der Waals surface area contributed by atoms with Gasteiger partial charge in [-0.1, -0.05) is 38.1 Å². The molecule has 0 saturated carbocycles. The van der Waals surface area contributed by atoms with Crippen LogP contribution >= 0.6 is 0 Å². The number of hydrogen-bond acceptors (Lipinski definition) is 3. The summed E-state index contributed by atoms with van der Waals surface area (Å²) in [4.78, 5) is 12.1. The topological polar surface area (TPSA) is 38.3 Å². The highest BCUT2D eigenvalue weighted by molar-refractivity contribution is 5.75. The molecule has 0 spiro atoms. The number of ether oxygens (including phenoxy) is 1. The van der Waals surface area contributed by atoms with Gasteiger partial charge in [-0.3, -0.25) is 4.79 Å². The van der Waals surface area contributed by atoms with Crippen LogP contribution in [-0.2, 0) is 21.4 Å². The molecule has 2 unspecified atom stereocenters. The molecule has 0 bridgehead atoms. The van der Waals surface area contributed by atoms with Gasteiger partial charge in [-0.25, -0.2) is 0 Å². The second kappa shape index (κ2) is 5.74. The maximum absolute atomic E-state index is 12.1. The van der Waals surface area contributed by atoms with Crippen molar-refractivity contribution >= 4 is 5.97 Å². The maximum Gasteiger partial charge on any atom is 0.311 e. The van der Waals surface area contributed by atoms with Crippen molar-refractivity contribution in [2.24, 2.45) is 5.92 Å². The molecule has 2 rings (SSSR count). The van der Waals surface area contributed by atoms with Crippen LogP contribution < -0.4 is 5.32 Å². The van der Waals surface area contributed by atoms with Crippen molar-refractivity contribution in [1.82, 2.24) is 5.32 Å². The van der Waals surface area contributed by atoms with Gasteiger partial charge in [0.2, 0.25) is 0 Å². The van der Waals surface area contributed by atoms with Gasteiger partial charge in [0, 0.05) is 18.5 Å². The van der Waals surface area contributed by atoms with Crippen molar-refractivity contribution in [1.29, 1.82) is 0 Å². The van der Waals surface area contributed by atoms with Crippen molar-refractivity contribution in [3.63, 3.8) is 0 Å². The van der Waals surface area contributed by atoms with Crippen molar-refractivity contribution < 1.29 is 9.53 Å². The minimum Gasteiger partial charge on any atom is -0.466 e. The number of carbonyl (C=O) groups excluding carboxylic acids is 1. The molecule has 1 aliphatic rings. The van der Waals surface area contributed by atoms with E-state index in [0.717, 1.165) is 13.0 Å². The molecule has 3 nitrogen and oxygen atoms in total. The Morgan fingerprint density at radius 2 is 2.05 bits per heavy atom. The van der Waals surface area contributed by atoms with E-state index in [1.165, 1.54) is 11.1 Å². The summed E-state index contributed by atoms with van der Waals surface area (Å²) in [7, 11) is 0. The predicted molar refractivity (Wildman–Crippen MR) is 76.2 cm³/mol. The normalized spacial score (nSPS) is 26.4. The number of benzene rings is 1. The first kappa shape index (κ1) is 14.1. The SMILES string of the molecule is CCOC(=O)C1CNCC1(C)c1ccc(CC)cc1. The Morgan fingerprint density at radius 3 is 2.63 bits per heavy atom. The first-order valence-electron chi connectivity index (χ1n) is 7.08. The summed E-state index contributed by atoms with van der Waals surface area (Å²) in [6.07, 6.45) is 1.04. The van der Waals surface area contributed by atoms with Crippen LogP contribution in [0.1, 0.15) is 31.9 Å². The largest absolute Gasteiger partial charge is 0.466 e. The van der Waals surface area contributed by atoms with E-state index in [-0.39, 0.29) is 17.3 Å². The molecule has 0 amide bonds. The van der Waals surface area contributed by atoms with Gasteiger partial charge in [0.25, 0.3) is 0 Å². The summed E-state index contributed by atoms with van der Waals surface area (Å²) >= 11 is 0. The van der Waals surface area contributed by atoms with E-state index < -0.39 is 0 Å². The van der Waals surface area contributed by atoms with E-state index >= 15 is 0 Å². The molecular formula is C16H23NO2.